The Morgan fingerprint density at radius 2 is 1.85 bits per heavy atom. The van der Waals surface area contributed by atoms with Crippen LogP contribution < -0.4 is 20.1 Å². The molecule has 2 rings (SSSR count). The van der Waals surface area contributed by atoms with Gasteiger partial charge >= 0.3 is 6.09 Å². The molecule has 27 heavy (non-hydrogen) atoms. The van der Waals surface area contributed by atoms with E-state index in [1.165, 1.54) is 14.2 Å². The van der Waals surface area contributed by atoms with Gasteiger partial charge in [0.15, 0.2) is 0 Å². The van der Waals surface area contributed by atoms with E-state index in [1.807, 2.05) is 0 Å². The predicted molar refractivity (Wildman–Crippen MR) is 103 cm³/mol. The fourth-order valence-corrected chi connectivity index (χ4v) is 3.10. The first-order valence-electron chi connectivity index (χ1n) is 8.84. The number of ether oxygens (including phenoxy) is 3. The number of benzene rings is 1. The average molecular weight is 400 g/mol. The molecule has 0 atom stereocenters. The van der Waals surface area contributed by atoms with Crippen LogP contribution in [0.3, 0.4) is 0 Å². The molecule has 150 valence electrons. The van der Waals surface area contributed by atoms with E-state index in [0.29, 0.717) is 54.7 Å². The van der Waals surface area contributed by atoms with E-state index in [0.717, 1.165) is 0 Å². The van der Waals surface area contributed by atoms with E-state index >= 15 is 0 Å². The Bertz CT molecular complexity index is 663. The van der Waals surface area contributed by atoms with Crippen LogP contribution in [-0.2, 0) is 9.53 Å². The van der Waals surface area contributed by atoms with Crippen molar-refractivity contribution in [3.05, 3.63) is 17.2 Å². The number of rotatable bonds is 7. The molecule has 0 saturated carbocycles. The maximum Gasteiger partial charge on any atom is 0.409 e. The third-order valence-corrected chi connectivity index (χ3v) is 4.59. The summed E-state index contributed by atoms with van der Waals surface area (Å²) in [6.45, 7) is 3.36. The van der Waals surface area contributed by atoms with E-state index in [4.69, 9.17) is 25.8 Å². The number of halogens is 1. The fourth-order valence-electron chi connectivity index (χ4n) is 2.87. The zero-order chi connectivity index (χ0) is 19.8. The Morgan fingerprint density at radius 3 is 2.44 bits per heavy atom. The van der Waals surface area contributed by atoms with Crippen molar-refractivity contribution in [2.24, 2.45) is 0 Å². The standard InChI is InChI=1S/C18H26ClN3O5/c1-4-27-18(24)22-7-5-12(6-8-22)21-17(23)11-20-14-10-15(25-2)13(19)9-16(14)26-3/h9-10,12,20H,4-8,11H2,1-3H3,(H,21,23). The van der Waals surface area contributed by atoms with Gasteiger partial charge in [-0.15, -0.1) is 0 Å². The molecular weight excluding hydrogens is 374 g/mol. The average Bonchev–Trinajstić information content (AvgIpc) is 2.67. The Labute approximate surface area is 164 Å². The molecule has 0 bridgehead atoms. The zero-order valence-electron chi connectivity index (χ0n) is 15.8. The molecule has 8 nitrogen and oxygen atoms in total. The Hall–Kier alpha value is -2.35. The van der Waals surface area contributed by atoms with Crippen LogP contribution in [0.4, 0.5) is 10.5 Å². The number of nitrogens with zero attached hydrogens (tertiary/aromatic N) is 1. The molecule has 1 heterocycles. The van der Waals surface area contributed by atoms with Gasteiger partial charge in [-0.25, -0.2) is 4.79 Å². The summed E-state index contributed by atoms with van der Waals surface area (Å²) in [5.41, 5.74) is 0.617. The molecular formula is C18H26ClN3O5. The maximum atomic E-state index is 12.2. The Kier molecular flexibility index (Phi) is 7.84. The van der Waals surface area contributed by atoms with Gasteiger partial charge in [0.1, 0.15) is 11.5 Å². The molecule has 1 fully saturated rings. The van der Waals surface area contributed by atoms with Crippen molar-refractivity contribution >= 4 is 29.3 Å². The number of carbonyl (C=O) groups excluding carboxylic acids is 2. The molecule has 0 radical (unpaired) electrons. The molecule has 0 aromatic heterocycles. The Balaban J connectivity index is 1.83. The number of anilines is 1. The summed E-state index contributed by atoms with van der Waals surface area (Å²) in [5, 5.41) is 6.45. The van der Waals surface area contributed by atoms with Crippen LogP contribution in [0.5, 0.6) is 11.5 Å². The molecule has 9 heteroatoms. The van der Waals surface area contributed by atoms with Crippen molar-refractivity contribution in [1.29, 1.82) is 0 Å². The highest BCUT2D eigenvalue weighted by molar-refractivity contribution is 6.32. The van der Waals surface area contributed by atoms with Crippen LogP contribution in [0.1, 0.15) is 19.8 Å². The summed E-state index contributed by atoms with van der Waals surface area (Å²) in [6.07, 6.45) is 1.10. The second-order valence-electron chi connectivity index (χ2n) is 6.07. The van der Waals surface area contributed by atoms with E-state index in [1.54, 1.807) is 24.0 Å². The number of hydrogen-bond donors (Lipinski definition) is 2. The lowest BCUT2D eigenvalue weighted by Gasteiger charge is -2.31. The van der Waals surface area contributed by atoms with Gasteiger partial charge in [0.05, 0.1) is 38.1 Å². The number of hydrogen-bond acceptors (Lipinski definition) is 6. The largest absolute Gasteiger partial charge is 0.495 e. The summed E-state index contributed by atoms with van der Waals surface area (Å²) < 4.78 is 15.5. The number of carbonyl (C=O) groups is 2. The highest BCUT2D eigenvalue weighted by atomic mass is 35.5. The van der Waals surface area contributed by atoms with Crippen LogP contribution in [0.15, 0.2) is 12.1 Å². The molecule has 1 aliphatic rings. The van der Waals surface area contributed by atoms with Crippen LogP contribution in [0.2, 0.25) is 5.02 Å². The zero-order valence-corrected chi connectivity index (χ0v) is 16.6. The van der Waals surface area contributed by atoms with E-state index < -0.39 is 0 Å². The highest BCUT2D eigenvalue weighted by Crippen LogP contribution is 2.35. The predicted octanol–water partition coefficient (Wildman–Crippen LogP) is 2.51. The van der Waals surface area contributed by atoms with E-state index in [9.17, 15) is 9.59 Å². The van der Waals surface area contributed by atoms with Gasteiger partial charge in [-0.3, -0.25) is 4.79 Å². The van der Waals surface area contributed by atoms with Crippen molar-refractivity contribution in [3.8, 4) is 11.5 Å². The minimum Gasteiger partial charge on any atom is -0.495 e. The third-order valence-electron chi connectivity index (χ3n) is 4.30. The van der Waals surface area contributed by atoms with Crippen molar-refractivity contribution in [1.82, 2.24) is 10.2 Å². The Morgan fingerprint density at radius 1 is 1.19 bits per heavy atom. The molecule has 0 aliphatic carbocycles. The topological polar surface area (TPSA) is 89.1 Å². The minimum absolute atomic E-state index is 0.0339. The van der Waals surface area contributed by atoms with Crippen molar-refractivity contribution in [2.45, 2.75) is 25.8 Å². The molecule has 1 aromatic carbocycles. The lowest BCUT2D eigenvalue weighted by molar-refractivity contribution is -0.120. The number of methoxy groups -OCH3 is 2. The monoisotopic (exact) mass is 399 g/mol. The van der Waals surface area contributed by atoms with Gasteiger partial charge in [-0.2, -0.15) is 0 Å². The second-order valence-corrected chi connectivity index (χ2v) is 6.48. The highest BCUT2D eigenvalue weighted by Gasteiger charge is 2.24. The van der Waals surface area contributed by atoms with Gasteiger partial charge in [0.2, 0.25) is 5.91 Å². The fraction of sp³-hybridized carbons (Fsp3) is 0.556. The number of piperidine rings is 1. The summed E-state index contributed by atoms with van der Waals surface area (Å²) in [5.74, 6) is 0.878. The normalized spacial score (nSPS) is 14.4. The number of likely N-dealkylation sites (tertiary alicyclic amines) is 1. The van der Waals surface area contributed by atoms with Crippen molar-refractivity contribution in [3.63, 3.8) is 0 Å². The number of nitrogens with one attached hydrogen (secondary N) is 2. The summed E-state index contributed by atoms with van der Waals surface area (Å²) >= 11 is 6.08. The van der Waals surface area contributed by atoms with Crippen LogP contribution in [0.25, 0.3) is 0 Å². The smallest absolute Gasteiger partial charge is 0.409 e. The third kappa shape index (κ3) is 5.82. The van der Waals surface area contributed by atoms with Crippen LogP contribution in [0, 0.1) is 0 Å². The second kappa shape index (κ2) is 10.1. The van der Waals surface area contributed by atoms with Crippen LogP contribution in [-0.4, -0.2) is 63.4 Å². The SMILES string of the molecule is CCOC(=O)N1CCC(NC(=O)CNc2cc(OC)c(Cl)cc2OC)CC1. The molecule has 0 spiro atoms. The quantitative estimate of drug-likeness (QED) is 0.732. The molecule has 0 unspecified atom stereocenters. The van der Waals surface area contributed by atoms with Crippen molar-refractivity contribution in [2.75, 3.05) is 45.8 Å². The summed E-state index contributed by atoms with van der Waals surface area (Å²) in [7, 11) is 3.05. The van der Waals surface area contributed by atoms with Gasteiger partial charge in [0, 0.05) is 31.3 Å². The summed E-state index contributed by atoms with van der Waals surface area (Å²) in [4.78, 5) is 25.6. The van der Waals surface area contributed by atoms with E-state index in [-0.39, 0.29) is 24.6 Å². The van der Waals surface area contributed by atoms with Gasteiger partial charge < -0.3 is 29.7 Å². The lowest BCUT2D eigenvalue weighted by Crippen LogP contribution is -2.47. The number of amides is 2. The first-order chi connectivity index (χ1) is 13.0. The molecule has 1 aromatic rings. The molecule has 2 N–H and O–H groups in total. The molecule has 1 aliphatic heterocycles. The van der Waals surface area contributed by atoms with Gasteiger partial charge in [0.25, 0.3) is 0 Å². The molecule has 1 saturated heterocycles. The van der Waals surface area contributed by atoms with Gasteiger partial charge in [-0.1, -0.05) is 11.6 Å². The minimum atomic E-state index is -0.298. The van der Waals surface area contributed by atoms with Crippen LogP contribution >= 0.6 is 11.6 Å². The van der Waals surface area contributed by atoms with Gasteiger partial charge in [-0.05, 0) is 19.8 Å². The maximum absolute atomic E-state index is 12.2. The van der Waals surface area contributed by atoms with Crippen molar-refractivity contribution < 1.29 is 23.8 Å². The first kappa shape index (κ1) is 21.0. The lowest BCUT2D eigenvalue weighted by atomic mass is 10.1. The first-order valence-corrected chi connectivity index (χ1v) is 9.22. The molecule has 2 amide bonds. The summed E-state index contributed by atoms with van der Waals surface area (Å²) in [6, 6.07) is 3.35. The van der Waals surface area contributed by atoms with E-state index in [2.05, 4.69) is 10.6 Å².